The summed E-state index contributed by atoms with van der Waals surface area (Å²) in [5.74, 6) is 1.30. The minimum Gasteiger partial charge on any atom is -0.493 e. The zero-order chi connectivity index (χ0) is 27.0. The van der Waals surface area contributed by atoms with Crippen LogP contribution >= 0.6 is 0 Å². The second-order valence-corrected chi connectivity index (χ2v) is 9.69. The van der Waals surface area contributed by atoms with Crippen molar-refractivity contribution in [3.05, 3.63) is 77.9 Å². The van der Waals surface area contributed by atoms with E-state index in [0.717, 1.165) is 0 Å². The molecule has 1 amide bonds. The van der Waals surface area contributed by atoms with Crippen molar-refractivity contribution < 1.29 is 27.9 Å². The predicted octanol–water partition coefficient (Wildman–Crippen LogP) is 6.87. The van der Waals surface area contributed by atoms with Crippen molar-refractivity contribution in [3.63, 3.8) is 0 Å². The van der Waals surface area contributed by atoms with E-state index in [0.29, 0.717) is 44.9 Å². The molecule has 0 saturated heterocycles. The standard InChI is InChI=1S/C29H26FN3O5/c1-29(2,3)25-15-26(33-38-25)32-28(34)18-8-6-7-17-16(18)9-10-22(27(17)30)37-21-11-12-31-20-14-24(36-5)23(35-4)13-19(20)21/h6-15H,1-5H3,(H,32,33,34). The molecule has 1 N–H and O–H groups in total. The Balaban J connectivity index is 1.48. The van der Waals surface area contributed by atoms with E-state index in [4.69, 9.17) is 18.7 Å². The third-order valence-corrected chi connectivity index (χ3v) is 6.12. The zero-order valence-electron chi connectivity index (χ0n) is 21.6. The molecule has 3 aromatic carbocycles. The van der Waals surface area contributed by atoms with Crippen molar-refractivity contribution >= 4 is 33.4 Å². The molecule has 0 unspecified atom stereocenters. The van der Waals surface area contributed by atoms with Crippen LogP contribution in [0.3, 0.4) is 0 Å². The van der Waals surface area contributed by atoms with Crippen LogP contribution in [0.4, 0.5) is 10.2 Å². The number of pyridine rings is 1. The summed E-state index contributed by atoms with van der Waals surface area (Å²) in [5.41, 5.74) is 0.633. The Hall–Kier alpha value is -4.66. The molecule has 2 aromatic heterocycles. The SMILES string of the molecule is COc1cc2nccc(Oc3ccc4c(C(=O)Nc5cc(C(C)(C)C)on5)cccc4c3F)c2cc1OC. The lowest BCUT2D eigenvalue weighted by molar-refractivity contribution is 0.102. The largest absolute Gasteiger partial charge is 0.493 e. The third kappa shape index (κ3) is 4.58. The van der Waals surface area contributed by atoms with Gasteiger partial charge in [0.15, 0.2) is 28.9 Å². The Morgan fingerprint density at radius 1 is 0.895 bits per heavy atom. The van der Waals surface area contributed by atoms with Gasteiger partial charge in [0.1, 0.15) is 11.5 Å². The van der Waals surface area contributed by atoms with Crippen LogP contribution in [0.5, 0.6) is 23.0 Å². The van der Waals surface area contributed by atoms with Gasteiger partial charge < -0.3 is 24.1 Å². The topological polar surface area (TPSA) is 95.7 Å². The van der Waals surface area contributed by atoms with Crippen LogP contribution in [0.25, 0.3) is 21.7 Å². The number of amides is 1. The summed E-state index contributed by atoms with van der Waals surface area (Å²) < 4.78 is 37.8. The highest BCUT2D eigenvalue weighted by Crippen LogP contribution is 2.38. The molecule has 9 heteroatoms. The van der Waals surface area contributed by atoms with E-state index in [2.05, 4.69) is 15.5 Å². The van der Waals surface area contributed by atoms with E-state index >= 15 is 4.39 Å². The molecular weight excluding hydrogens is 489 g/mol. The molecule has 2 heterocycles. The predicted molar refractivity (Wildman–Crippen MR) is 142 cm³/mol. The van der Waals surface area contributed by atoms with Crippen molar-refractivity contribution in [1.29, 1.82) is 0 Å². The molecule has 0 aliphatic rings. The smallest absolute Gasteiger partial charge is 0.257 e. The van der Waals surface area contributed by atoms with Gasteiger partial charge in [0.2, 0.25) is 0 Å². The normalized spacial score (nSPS) is 11.5. The van der Waals surface area contributed by atoms with Gasteiger partial charge in [-0.15, -0.1) is 0 Å². The number of hydrogen-bond acceptors (Lipinski definition) is 7. The number of ether oxygens (including phenoxy) is 3. The van der Waals surface area contributed by atoms with Crippen LogP contribution in [-0.4, -0.2) is 30.3 Å². The van der Waals surface area contributed by atoms with E-state index in [1.165, 1.54) is 20.3 Å². The maximum atomic E-state index is 15.7. The Kier molecular flexibility index (Phi) is 6.36. The quantitative estimate of drug-likeness (QED) is 0.263. The van der Waals surface area contributed by atoms with Crippen LogP contribution in [0.15, 0.2) is 65.3 Å². The average molecular weight is 516 g/mol. The number of halogens is 1. The number of aromatic nitrogens is 2. The highest BCUT2D eigenvalue weighted by molar-refractivity contribution is 6.13. The molecule has 0 atom stereocenters. The van der Waals surface area contributed by atoms with E-state index in [-0.39, 0.29) is 22.4 Å². The molecule has 0 fully saturated rings. The van der Waals surface area contributed by atoms with Gasteiger partial charge in [-0.25, -0.2) is 4.39 Å². The van der Waals surface area contributed by atoms with E-state index in [1.807, 2.05) is 20.8 Å². The second kappa shape index (κ2) is 9.66. The van der Waals surface area contributed by atoms with Crippen molar-refractivity contribution in [2.24, 2.45) is 0 Å². The lowest BCUT2D eigenvalue weighted by atomic mass is 9.93. The van der Waals surface area contributed by atoms with Gasteiger partial charge >= 0.3 is 0 Å². The highest BCUT2D eigenvalue weighted by atomic mass is 19.1. The van der Waals surface area contributed by atoms with Gasteiger partial charge in [0, 0.05) is 40.1 Å². The van der Waals surface area contributed by atoms with Gasteiger partial charge in [-0.05, 0) is 35.7 Å². The second-order valence-electron chi connectivity index (χ2n) is 9.69. The Morgan fingerprint density at radius 2 is 1.66 bits per heavy atom. The summed E-state index contributed by atoms with van der Waals surface area (Å²) in [6.45, 7) is 5.94. The van der Waals surface area contributed by atoms with Crippen molar-refractivity contribution in [1.82, 2.24) is 10.1 Å². The number of methoxy groups -OCH3 is 2. The van der Waals surface area contributed by atoms with Crippen molar-refractivity contribution in [3.8, 4) is 23.0 Å². The van der Waals surface area contributed by atoms with E-state index in [1.54, 1.807) is 54.7 Å². The fourth-order valence-electron chi connectivity index (χ4n) is 4.10. The summed E-state index contributed by atoms with van der Waals surface area (Å²) in [4.78, 5) is 17.4. The van der Waals surface area contributed by atoms with E-state index in [9.17, 15) is 4.79 Å². The van der Waals surface area contributed by atoms with Gasteiger partial charge in [-0.3, -0.25) is 9.78 Å². The number of hydrogen-bond donors (Lipinski definition) is 1. The minimum absolute atomic E-state index is 0.00339. The number of benzene rings is 3. The summed E-state index contributed by atoms with van der Waals surface area (Å²) in [6.07, 6.45) is 1.57. The van der Waals surface area contributed by atoms with Crippen LogP contribution in [0.1, 0.15) is 36.9 Å². The lowest BCUT2D eigenvalue weighted by Crippen LogP contribution is -2.13. The molecule has 5 rings (SSSR count). The molecule has 38 heavy (non-hydrogen) atoms. The van der Waals surface area contributed by atoms with Gasteiger partial charge in [-0.2, -0.15) is 0 Å². The highest BCUT2D eigenvalue weighted by Gasteiger charge is 2.22. The van der Waals surface area contributed by atoms with Crippen LogP contribution < -0.4 is 19.5 Å². The summed E-state index contributed by atoms with van der Waals surface area (Å²) in [5, 5.41) is 7.96. The fraction of sp³-hybridized carbons (Fsp3) is 0.207. The molecule has 8 nitrogen and oxygen atoms in total. The first-order chi connectivity index (χ1) is 18.2. The fourth-order valence-corrected chi connectivity index (χ4v) is 4.10. The summed E-state index contributed by atoms with van der Waals surface area (Å²) in [6, 6.07) is 14.8. The molecule has 0 spiro atoms. The summed E-state index contributed by atoms with van der Waals surface area (Å²) in [7, 11) is 3.07. The van der Waals surface area contributed by atoms with Crippen LogP contribution in [0.2, 0.25) is 0 Å². The molecule has 0 saturated carbocycles. The van der Waals surface area contributed by atoms with Crippen molar-refractivity contribution in [2.45, 2.75) is 26.2 Å². The number of nitrogens with one attached hydrogen (secondary N) is 1. The monoisotopic (exact) mass is 515 g/mol. The Bertz CT molecular complexity index is 1670. The molecule has 0 radical (unpaired) electrons. The van der Waals surface area contributed by atoms with Gasteiger partial charge in [0.05, 0.1) is 19.7 Å². The lowest BCUT2D eigenvalue weighted by Gasteiger charge is -2.14. The first kappa shape index (κ1) is 25.0. The Labute approximate surface area is 218 Å². The average Bonchev–Trinajstić information content (AvgIpc) is 3.38. The third-order valence-electron chi connectivity index (χ3n) is 6.12. The van der Waals surface area contributed by atoms with E-state index < -0.39 is 11.7 Å². The number of carbonyl (C=O) groups excluding carboxylic acids is 1. The van der Waals surface area contributed by atoms with Gasteiger partial charge in [0.25, 0.3) is 5.91 Å². The molecule has 194 valence electrons. The number of fused-ring (bicyclic) bond motifs is 2. The number of nitrogens with zero attached hydrogens (tertiary/aromatic N) is 2. The molecule has 5 aromatic rings. The first-order valence-corrected chi connectivity index (χ1v) is 11.9. The molecule has 0 aliphatic heterocycles. The molecular formula is C29H26FN3O5. The zero-order valence-corrected chi connectivity index (χ0v) is 21.6. The maximum absolute atomic E-state index is 15.7. The Morgan fingerprint density at radius 3 is 2.37 bits per heavy atom. The number of anilines is 1. The van der Waals surface area contributed by atoms with Crippen LogP contribution in [-0.2, 0) is 5.41 Å². The first-order valence-electron chi connectivity index (χ1n) is 11.9. The molecule has 0 bridgehead atoms. The van der Waals surface area contributed by atoms with Gasteiger partial charge in [-0.1, -0.05) is 38.1 Å². The van der Waals surface area contributed by atoms with Crippen molar-refractivity contribution in [2.75, 3.05) is 19.5 Å². The number of rotatable bonds is 6. The van der Waals surface area contributed by atoms with Crippen LogP contribution in [0, 0.1) is 5.82 Å². The molecule has 0 aliphatic carbocycles. The summed E-state index contributed by atoms with van der Waals surface area (Å²) >= 11 is 0. The number of carbonyl (C=O) groups is 1. The minimum atomic E-state index is -0.598. The maximum Gasteiger partial charge on any atom is 0.257 e.